The number of rotatable bonds is 6. The van der Waals surface area contributed by atoms with Crippen LogP contribution in [0.4, 0.5) is 14.5 Å². The third kappa shape index (κ3) is 5.80. The maximum atomic E-state index is 13.4. The summed E-state index contributed by atoms with van der Waals surface area (Å²) < 4.78 is 26.7. The number of hydrogen-bond acceptors (Lipinski definition) is 1. The molecule has 0 fully saturated rings. The van der Waals surface area contributed by atoms with Gasteiger partial charge in [0, 0.05) is 11.3 Å². The Morgan fingerprint density at radius 1 is 1.00 bits per heavy atom. The molecule has 0 aliphatic heterocycles. The molecule has 0 saturated carbocycles. The molecule has 0 aliphatic rings. The summed E-state index contributed by atoms with van der Waals surface area (Å²) in [6, 6.07) is 2.37. The monoisotopic (exact) mass is 255 g/mol. The van der Waals surface area contributed by atoms with Gasteiger partial charge >= 0.3 is 0 Å². The van der Waals surface area contributed by atoms with Gasteiger partial charge in [0.25, 0.3) is 0 Å². The molecule has 0 aliphatic carbocycles. The summed E-state index contributed by atoms with van der Waals surface area (Å²) in [6.45, 7) is 8.14. The van der Waals surface area contributed by atoms with Crippen molar-refractivity contribution < 1.29 is 8.78 Å². The number of anilines is 1. The fourth-order valence-electron chi connectivity index (χ4n) is 1.77. The van der Waals surface area contributed by atoms with Crippen LogP contribution < -0.4 is 5.73 Å². The molecule has 1 aromatic carbocycles. The Balaban J connectivity index is 0.00000137. The van der Waals surface area contributed by atoms with Gasteiger partial charge in [-0.25, -0.2) is 8.78 Å². The largest absolute Gasteiger partial charge is 0.399 e. The van der Waals surface area contributed by atoms with Gasteiger partial charge in [-0.3, -0.25) is 0 Å². The van der Waals surface area contributed by atoms with E-state index in [-0.39, 0.29) is 11.3 Å². The van der Waals surface area contributed by atoms with E-state index in [1.165, 1.54) is 25.0 Å². The molecule has 2 N–H and O–H groups in total. The quantitative estimate of drug-likeness (QED) is 0.438. The SMILES string of the molecule is C=C.CCCCCCCc1c(F)cc(N)cc1F. The Morgan fingerprint density at radius 3 is 2.00 bits per heavy atom. The zero-order valence-corrected chi connectivity index (χ0v) is 11.1. The minimum Gasteiger partial charge on any atom is -0.399 e. The van der Waals surface area contributed by atoms with Gasteiger partial charge in [0.05, 0.1) is 0 Å². The molecule has 0 bridgehead atoms. The van der Waals surface area contributed by atoms with E-state index in [9.17, 15) is 8.78 Å². The molecule has 1 aromatic rings. The third-order valence-electron chi connectivity index (χ3n) is 2.69. The first kappa shape index (κ1) is 16.6. The molecule has 0 aromatic heterocycles. The van der Waals surface area contributed by atoms with Crippen molar-refractivity contribution in [1.29, 1.82) is 0 Å². The van der Waals surface area contributed by atoms with Crippen molar-refractivity contribution in [2.24, 2.45) is 0 Å². The van der Waals surface area contributed by atoms with E-state index in [0.717, 1.165) is 19.3 Å². The second-order valence-corrected chi connectivity index (χ2v) is 4.13. The summed E-state index contributed by atoms with van der Waals surface area (Å²) >= 11 is 0. The van der Waals surface area contributed by atoms with E-state index in [1.807, 2.05) is 0 Å². The van der Waals surface area contributed by atoms with Crippen LogP contribution in [0, 0.1) is 11.6 Å². The molecule has 1 nitrogen and oxygen atoms in total. The zero-order chi connectivity index (χ0) is 14.0. The Hall–Kier alpha value is -1.38. The summed E-state index contributed by atoms with van der Waals surface area (Å²) in [5, 5.41) is 0. The molecule has 102 valence electrons. The molecule has 18 heavy (non-hydrogen) atoms. The molecular weight excluding hydrogens is 232 g/mol. The lowest BCUT2D eigenvalue weighted by Gasteiger charge is -2.06. The molecule has 0 amide bonds. The Morgan fingerprint density at radius 2 is 1.50 bits per heavy atom. The lowest BCUT2D eigenvalue weighted by molar-refractivity contribution is 0.541. The maximum Gasteiger partial charge on any atom is 0.131 e. The molecule has 1 rings (SSSR count). The second kappa shape index (κ2) is 9.63. The molecule has 0 radical (unpaired) electrons. The average Bonchev–Trinajstić information content (AvgIpc) is 2.34. The molecule has 0 spiro atoms. The van der Waals surface area contributed by atoms with Gasteiger partial charge < -0.3 is 5.73 Å². The first-order chi connectivity index (χ1) is 8.65. The van der Waals surface area contributed by atoms with E-state index in [0.29, 0.717) is 6.42 Å². The molecule has 0 atom stereocenters. The van der Waals surface area contributed by atoms with Crippen molar-refractivity contribution in [2.75, 3.05) is 5.73 Å². The fraction of sp³-hybridized carbons (Fsp3) is 0.467. The van der Waals surface area contributed by atoms with E-state index in [4.69, 9.17) is 5.73 Å². The minimum absolute atomic E-state index is 0.143. The van der Waals surface area contributed by atoms with Crippen LogP contribution >= 0.6 is 0 Å². The number of halogens is 2. The van der Waals surface area contributed by atoms with Gasteiger partial charge in [-0.05, 0) is 25.0 Å². The van der Waals surface area contributed by atoms with Crippen molar-refractivity contribution >= 4 is 5.69 Å². The summed E-state index contributed by atoms with van der Waals surface area (Å²) in [4.78, 5) is 0. The van der Waals surface area contributed by atoms with Gasteiger partial charge in [-0.1, -0.05) is 32.6 Å². The van der Waals surface area contributed by atoms with Gasteiger partial charge in [0.2, 0.25) is 0 Å². The van der Waals surface area contributed by atoms with Crippen molar-refractivity contribution in [3.8, 4) is 0 Å². The van der Waals surface area contributed by atoms with Crippen LogP contribution in [0.25, 0.3) is 0 Å². The van der Waals surface area contributed by atoms with Crippen molar-refractivity contribution in [3.05, 3.63) is 42.5 Å². The molecule has 3 heteroatoms. The van der Waals surface area contributed by atoms with Gasteiger partial charge in [-0.15, -0.1) is 13.2 Å². The van der Waals surface area contributed by atoms with Gasteiger partial charge in [0.15, 0.2) is 0 Å². The van der Waals surface area contributed by atoms with Crippen LogP contribution in [-0.4, -0.2) is 0 Å². The lowest BCUT2D eigenvalue weighted by atomic mass is 10.0. The number of benzene rings is 1. The molecular formula is C15H23F2N. The van der Waals surface area contributed by atoms with Crippen LogP contribution in [0.3, 0.4) is 0 Å². The first-order valence-corrected chi connectivity index (χ1v) is 6.38. The van der Waals surface area contributed by atoms with E-state index >= 15 is 0 Å². The highest BCUT2D eigenvalue weighted by Crippen LogP contribution is 2.19. The Bertz CT molecular complexity index is 327. The predicted octanol–water partition coefficient (Wildman–Crippen LogP) is 4.86. The van der Waals surface area contributed by atoms with Crippen LogP contribution in [-0.2, 0) is 6.42 Å². The summed E-state index contributed by atoms with van der Waals surface area (Å²) in [5.74, 6) is -1.04. The second-order valence-electron chi connectivity index (χ2n) is 4.13. The van der Waals surface area contributed by atoms with Crippen LogP contribution in [0.1, 0.15) is 44.6 Å². The topological polar surface area (TPSA) is 26.0 Å². The fourth-order valence-corrected chi connectivity index (χ4v) is 1.77. The highest BCUT2D eigenvalue weighted by molar-refractivity contribution is 5.41. The molecule has 0 heterocycles. The van der Waals surface area contributed by atoms with E-state index in [1.54, 1.807) is 0 Å². The summed E-state index contributed by atoms with van der Waals surface area (Å²) in [7, 11) is 0. The minimum atomic E-state index is -0.520. The average molecular weight is 255 g/mol. The Labute approximate surface area is 109 Å². The Kier molecular flexibility index (Phi) is 8.89. The highest BCUT2D eigenvalue weighted by atomic mass is 19.1. The molecule has 0 unspecified atom stereocenters. The third-order valence-corrected chi connectivity index (χ3v) is 2.69. The lowest BCUT2D eigenvalue weighted by Crippen LogP contribution is -1.98. The maximum absolute atomic E-state index is 13.4. The van der Waals surface area contributed by atoms with Crippen LogP contribution in [0.15, 0.2) is 25.3 Å². The first-order valence-electron chi connectivity index (χ1n) is 6.38. The molecule has 0 saturated heterocycles. The van der Waals surface area contributed by atoms with Crippen molar-refractivity contribution in [1.82, 2.24) is 0 Å². The van der Waals surface area contributed by atoms with E-state index < -0.39 is 11.6 Å². The van der Waals surface area contributed by atoms with Crippen LogP contribution in [0.5, 0.6) is 0 Å². The number of nitrogen functional groups attached to an aromatic ring is 1. The predicted molar refractivity (Wildman–Crippen MR) is 74.5 cm³/mol. The van der Waals surface area contributed by atoms with Crippen molar-refractivity contribution in [3.63, 3.8) is 0 Å². The summed E-state index contributed by atoms with van der Waals surface area (Å²) in [5.41, 5.74) is 5.66. The standard InChI is InChI=1S/C13H19F2N.C2H4/c1-2-3-4-5-6-7-11-12(14)8-10(16)9-13(11)15;1-2/h8-9H,2-7,16H2,1H3;1-2H2. The van der Waals surface area contributed by atoms with Gasteiger partial charge in [-0.2, -0.15) is 0 Å². The highest BCUT2D eigenvalue weighted by Gasteiger charge is 2.09. The van der Waals surface area contributed by atoms with E-state index in [2.05, 4.69) is 20.1 Å². The van der Waals surface area contributed by atoms with Gasteiger partial charge in [0.1, 0.15) is 11.6 Å². The number of nitrogens with two attached hydrogens (primary N) is 1. The zero-order valence-electron chi connectivity index (χ0n) is 11.1. The number of hydrogen-bond donors (Lipinski definition) is 1. The normalized spacial score (nSPS) is 9.72. The smallest absolute Gasteiger partial charge is 0.131 e. The number of unbranched alkanes of at least 4 members (excludes halogenated alkanes) is 4. The van der Waals surface area contributed by atoms with Crippen molar-refractivity contribution in [2.45, 2.75) is 45.4 Å². The summed E-state index contributed by atoms with van der Waals surface area (Å²) in [6.07, 6.45) is 5.81. The van der Waals surface area contributed by atoms with Crippen LogP contribution in [0.2, 0.25) is 0 Å².